The van der Waals surface area contributed by atoms with Crippen molar-refractivity contribution in [3.05, 3.63) is 81.9 Å². The number of benzene rings is 3. The highest BCUT2D eigenvalue weighted by Gasteiger charge is 2.69. The van der Waals surface area contributed by atoms with Gasteiger partial charge in [-0.15, -0.1) is 0 Å². The molecule has 7 nitrogen and oxygen atoms in total. The van der Waals surface area contributed by atoms with Crippen molar-refractivity contribution in [1.29, 1.82) is 0 Å². The fourth-order valence-electron chi connectivity index (χ4n) is 7.16. The van der Waals surface area contributed by atoms with Gasteiger partial charge < -0.3 is 23.6 Å². The Morgan fingerprint density at radius 2 is 1.70 bits per heavy atom. The Morgan fingerprint density at radius 1 is 1.00 bits per heavy atom. The SMILES string of the molecule is CCOP(=O)(CCCOc1cc(C)c(-c2cccc(COc3cc4c(cc3CC)C3(C)C(C4)C3C(=O)O)c2)c(C)c1)OCC. The van der Waals surface area contributed by atoms with Crippen LogP contribution in [-0.2, 0) is 43.3 Å². The number of rotatable bonds is 15. The average Bonchev–Trinajstić information content (AvgIpc) is 3.47. The molecule has 44 heavy (non-hydrogen) atoms. The van der Waals surface area contributed by atoms with E-state index in [9.17, 15) is 14.5 Å². The molecule has 1 saturated carbocycles. The minimum atomic E-state index is -3.07. The molecule has 8 heteroatoms. The fourth-order valence-corrected chi connectivity index (χ4v) is 8.80. The molecule has 3 atom stereocenters. The molecule has 2 aliphatic carbocycles. The second-order valence-corrected chi connectivity index (χ2v) is 14.4. The summed E-state index contributed by atoms with van der Waals surface area (Å²) in [5.41, 5.74) is 8.90. The Morgan fingerprint density at radius 3 is 2.34 bits per heavy atom. The Kier molecular flexibility index (Phi) is 9.60. The first-order chi connectivity index (χ1) is 21.0. The minimum Gasteiger partial charge on any atom is -0.494 e. The van der Waals surface area contributed by atoms with Crippen LogP contribution in [0.1, 0.15) is 67.5 Å². The first-order valence-corrected chi connectivity index (χ1v) is 17.5. The van der Waals surface area contributed by atoms with E-state index >= 15 is 0 Å². The molecule has 236 valence electrons. The maximum Gasteiger partial charge on any atom is 0.330 e. The van der Waals surface area contributed by atoms with Crippen LogP contribution in [0, 0.1) is 25.7 Å². The van der Waals surface area contributed by atoms with Gasteiger partial charge in [0, 0.05) is 5.41 Å². The molecule has 0 spiro atoms. The number of hydrogen-bond acceptors (Lipinski definition) is 6. The van der Waals surface area contributed by atoms with Gasteiger partial charge in [-0.3, -0.25) is 9.36 Å². The quantitative estimate of drug-likeness (QED) is 0.135. The van der Waals surface area contributed by atoms with E-state index < -0.39 is 13.6 Å². The standard InChI is InChI=1S/C36H45O7P/c1-7-26-19-30-28(20-31-34(35(37)38)36(30,31)6)21-32(26)41-22-25-12-10-13-27(18-25)33-23(4)16-29(17-24(33)5)40-14-11-15-44(39,42-8-2)43-9-3/h10,12-13,16-19,21,31,34H,7-9,11,14-15,20,22H2,1-6H3,(H,37,38). The Hall–Kier alpha value is -3.12. The highest BCUT2D eigenvalue weighted by Crippen LogP contribution is 2.66. The lowest BCUT2D eigenvalue weighted by atomic mass is 9.91. The number of ether oxygens (including phenoxy) is 2. The Labute approximate surface area is 261 Å². The predicted octanol–water partition coefficient (Wildman–Crippen LogP) is 8.29. The van der Waals surface area contributed by atoms with E-state index in [-0.39, 0.29) is 17.3 Å². The molecule has 0 bridgehead atoms. The van der Waals surface area contributed by atoms with Crippen LogP contribution in [0.15, 0.2) is 48.5 Å². The number of carboxylic acids is 1. The summed E-state index contributed by atoms with van der Waals surface area (Å²) in [6, 6.07) is 16.9. The average molecular weight is 621 g/mol. The van der Waals surface area contributed by atoms with Gasteiger partial charge in [-0.25, -0.2) is 0 Å². The van der Waals surface area contributed by atoms with Crippen LogP contribution in [0.5, 0.6) is 11.5 Å². The third kappa shape index (κ3) is 6.33. The molecular formula is C36H45O7P. The zero-order valence-corrected chi connectivity index (χ0v) is 27.7. The molecule has 0 radical (unpaired) electrons. The largest absolute Gasteiger partial charge is 0.494 e. The number of fused-ring (bicyclic) bond motifs is 3. The van der Waals surface area contributed by atoms with E-state index in [1.165, 1.54) is 16.7 Å². The van der Waals surface area contributed by atoms with Crippen molar-refractivity contribution in [1.82, 2.24) is 0 Å². The molecule has 3 aromatic rings. The van der Waals surface area contributed by atoms with Crippen molar-refractivity contribution in [3.63, 3.8) is 0 Å². The van der Waals surface area contributed by atoms with Gasteiger partial charge in [-0.05, 0) is 122 Å². The summed E-state index contributed by atoms with van der Waals surface area (Å²) in [6.07, 6.45) is 2.53. The van der Waals surface area contributed by atoms with Gasteiger partial charge in [0.2, 0.25) is 0 Å². The van der Waals surface area contributed by atoms with Crippen LogP contribution in [0.4, 0.5) is 0 Å². The summed E-state index contributed by atoms with van der Waals surface area (Å²) < 4.78 is 35.9. The fraction of sp³-hybridized carbons (Fsp3) is 0.472. The van der Waals surface area contributed by atoms with Gasteiger partial charge >= 0.3 is 13.6 Å². The van der Waals surface area contributed by atoms with E-state index in [1.54, 1.807) is 0 Å². The van der Waals surface area contributed by atoms with Gasteiger partial charge in [0.15, 0.2) is 0 Å². The lowest BCUT2D eigenvalue weighted by Crippen LogP contribution is -2.13. The maximum absolute atomic E-state index is 12.7. The summed E-state index contributed by atoms with van der Waals surface area (Å²) in [7, 11) is -3.07. The second-order valence-electron chi connectivity index (χ2n) is 12.2. The van der Waals surface area contributed by atoms with Crippen molar-refractivity contribution in [2.24, 2.45) is 11.8 Å². The van der Waals surface area contributed by atoms with Crippen LogP contribution in [0.2, 0.25) is 0 Å². The number of carboxylic acid groups (broad SMARTS) is 1. The van der Waals surface area contributed by atoms with Crippen LogP contribution < -0.4 is 9.47 Å². The van der Waals surface area contributed by atoms with Gasteiger partial charge in [-0.1, -0.05) is 38.1 Å². The zero-order chi connectivity index (χ0) is 31.6. The zero-order valence-electron chi connectivity index (χ0n) is 26.8. The van der Waals surface area contributed by atoms with E-state index in [0.717, 1.165) is 52.2 Å². The maximum atomic E-state index is 12.7. The molecule has 2 aliphatic rings. The first kappa shape index (κ1) is 32.3. The Balaban J connectivity index is 1.24. The van der Waals surface area contributed by atoms with Crippen LogP contribution in [0.25, 0.3) is 11.1 Å². The van der Waals surface area contributed by atoms with Crippen molar-refractivity contribution < 1.29 is 33.0 Å². The van der Waals surface area contributed by atoms with Gasteiger partial charge in [0.25, 0.3) is 0 Å². The van der Waals surface area contributed by atoms with Crippen molar-refractivity contribution in [2.45, 2.75) is 72.8 Å². The minimum absolute atomic E-state index is 0.189. The molecule has 0 aliphatic heterocycles. The summed E-state index contributed by atoms with van der Waals surface area (Å²) in [5.74, 6) is 0.914. The first-order valence-electron chi connectivity index (χ1n) is 15.8. The summed E-state index contributed by atoms with van der Waals surface area (Å²) >= 11 is 0. The summed E-state index contributed by atoms with van der Waals surface area (Å²) in [6.45, 7) is 13.6. The molecular weight excluding hydrogens is 575 g/mol. The normalized spacial score (nSPS) is 20.2. The lowest BCUT2D eigenvalue weighted by molar-refractivity contribution is -0.139. The van der Waals surface area contributed by atoms with Crippen molar-refractivity contribution in [3.8, 4) is 22.6 Å². The molecule has 0 saturated heterocycles. The number of aliphatic carboxylic acids is 1. The van der Waals surface area contributed by atoms with E-state index in [0.29, 0.717) is 39.0 Å². The molecule has 3 unspecified atom stereocenters. The van der Waals surface area contributed by atoms with Crippen molar-refractivity contribution >= 4 is 13.6 Å². The van der Waals surface area contributed by atoms with Crippen LogP contribution >= 0.6 is 7.60 Å². The molecule has 0 amide bonds. The summed E-state index contributed by atoms with van der Waals surface area (Å²) in [4.78, 5) is 11.7. The van der Waals surface area contributed by atoms with Gasteiger partial charge in [-0.2, -0.15) is 0 Å². The monoisotopic (exact) mass is 620 g/mol. The highest BCUT2D eigenvalue weighted by molar-refractivity contribution is 7.53. The Bertz CT molecular complexity index is 1550. The molecule has 1 fully saturated rings. The third-order valence-corrected chi connectivity index (χ3v) is 11.4. The van der Waals surface area contributed by atoms with Crippen molar-refractivity contribution in [2.75, 3.05) is 26.0 Å². The topological polar surface area (TPSA) is 91.3 Å². The number of aryl methyl sites for hydroxylation is 3. The second kappa shape index (κ2) is 13.1. The van der Waals surface area contributed by atoms with Crippen LogP contribution in [-0.4, -0.2) is 37.1 Å². The van der Waals surface area contributed by atoms with E-state index in [4.69, 9.17) is 18.5 Å². The molecule has 0 heterocycles. The predicted molar refractivity (Wildman–Crippen MR) is 173 cm³/mol. The van der Waals surface area contributed by atoms with Gasteiger partial charge in [0.1, 0.15) is 18.1 Å². The molecule has 3 aromatic carbocycles. The summed E-state index contributed by atoms with van der Waals surface area (Å²) in [5, 5.41) is 9.64. The smallest absolute Gasteiger partial charge is 0.330 e. The van der Waals surface area contributed by atoms with E-state index in [2.05, 4.69) is 64.1 Å². The van der Waals surface area contributed by atoms with E-state index in [1.807, 2.05) is 26.0 Å². The molecule has 0 aromatic heterocycles. The number of carbonyl (C=O) groups is 1. The van der Waals surface area contributed by atoms with Crippen LogP contribution in [0.3, 0.4) is 0 Å². The molecule has 5 rings (SSSR count). The highest BCUT2D eigenvalue weighted by atomic mass is 31.2. The van der Waals surface area contributed by atoms with Gasteiger partial charge in [0.05, 0.1) is 31.9 Å². The molecule has 1 N–H and O–H groups in total. The lowest BCUT2D eigenvalue weighted by Gasteiger charge is -2.18. The third-order valence-electron chi connectivity index (χ3n) is 9.28. The number of hydrogen-bond donors (Lipinski definition) is 1.